The predicted molar refractivity (Wildman–Crippen MR) is 101 cm³/mol. The van der Waals surface area contributed by atoms with Gasteiger partial charge >= 0.3 is 5.97 Å². The minimum Gasteiger partial charge on any atom is -0.482 e. The SMILES string of the molecule is CN(Cc1ccccc1OCC(=O)O)C1CCCN(c2ccccn2)C1. The molecule has 2 heterocycles. The average molecular weight is 355 g/mol. The molecule has 3 rings (SSSR count). The molecule has 1 saturated heterocycles. The number of aliphatic carboxylic acids is 1. The van der Waals surface area contributed by atoms with Crippen LogP contribution in [-0.4, -0.2) is 53.7 Å². The van der Waals surface area contributed by atoms with Crippen LogP contribution in [0, 0.1) is 0 Å². The van der Waals surface area contributed by atoms with Crippen LogP contribution < -0.4 is 9.64 Å². The number of anilines is 1. The van der Waals surface area contributed by atoms with Gasteiger partial charge in [-0.3, -0.25) is 4.90 Å². The zero-order valence-electron chi connectivity index (χ0n) is 15.0. The maximum atomic E-state index is 10.8. The molecule has 26 heavy (non-hydrogen) atoms. The topological polar surface area (TPSA) is 65.9 Å². The van der Waals surface area contributed by atoms with E-state index in [1.54, 1.807) is 0 Å². The first-order valence-electron chi connectivity index (χ1n) is 8.92. The van der Waals surface area contributed by atoms with Crippen molar-refractivity contribution in [2.75, 3.05) is 31.6 Å². The lowest BCUT2D eigenvalue weighted by Crippen LogP contribution is -2.46. The average Bonchev–Trinajstić information content (AvgIpc) is 2.68. The third-order valence-electron chi connectivity index (χ3n) is 4.74. The minimum absolute atomic E-state index is 0.322. The van der Waals surface area contributed by atoms with Crippen molar-refractivity contribution in [2.45, 2.75) is 25.4 Å². The largest absolute Gasteiger partial charge is 0.482 e. The number of rotatable bonds is 7. The van der Waals surface area contributed by atoms with Gasteiger partial charge in [-0.15, -0.1) is 0 Å². The van der Waals surface area contributed by atoms with E-state index in [0.29, 0.717) is 11.8 Å². The third kappa shape index (κ3) is 4.73. The van der Waals surface area contributed by atoms with Gasteiger partial charge in [0.25, 0.3) is 0 Å². The molecular weight excluding hydrogens is 330 g/mol. The van der Waals surface area contributed by atoms with Gasteiger partial charge in [0.1, 0.15) is 11.6 Å². The van der Waals surface area contributed by atoms with Gasteiger partial charge in [0.2, 0.25) is 0 Å². The molecule has 1 N–H and O–H groups in total. The van der Waals surface area contributed by atoms with Crippen molar-refractivity contribution in [1.29, 1.82) is 0 Å². The summed E-state index contributed by atoms with van der Waals surface area (Å²) in [6.07, 6.45) is 4.10. The van der Waals surface area contributed by atoms with Crippen LogP contribution in [0.5, 0.6) is 5.75 Å². The third-order valence-corrected chi connectivity index (χ3v) is 4.74. The summed E-state index contributed by atoms with van der Waals surface area (Å²) in [5.41, 5.74) is 1.01. The van der Waals surface area contributed by atoms with E-state index in [0.717, 1.165) is 43.9 Å². The lowest BCUT2D eigenvalue weighted by Gasteiger charge is -2.38. The molecule has 0 amide bonds. The van der Waals surface area contributed by atoms with E-state index in [4.69, 9.17) is 9.84 Å². The first-order valence-corrected chi connectivity index (χ1v) is 8.92. The van der Waals surface area contributed by atoms with Gasteiger partial charge in [0.05, 0.1) is 0 Å². The molecule has 1 fully saturated rings. The van der Waals surface area contributed by atoms with Crippen LogP contribution in [0.3, 0.4) is 0 Å². The Morgan fingerprint density at radius 2 is 2.12 bits per heavy atom. The summed E-state index contributed by atoms with van der Waals surface area (Å²) in [4.78, 5) is 19.9. The summed E-state index contributed by atoms with van der Waals surface area (Å²) in [5, 5.41) is 8.84. The normalized spacial score (nSPS) is 17.3. The first-order chi connectivity index (χ1) is 12.6. The van der Waals surface area contributed by atoms with Gasteiger partial charge in [-0.1, -0.05) is 24.3 Å². The van der Waals surface area contributed by atoms with Crippen LogP contribution in [0.2, 0.25) is 0 Å². The fourth-order valence-corrected chi connectivity index (χ4v) is 3.38. The van der Waals surface area contributed by atoms with E-state index < -0.39 is 5.97 Å². The molecule has 0 radical (unpaired) electrons. The Kier molecular flexibility index (Phi) is 6.07. The summed E-state index contributed by atoms with van der Waals surface area (Å²) in [6.45, 7) is 2.36. The molecule has 2 aromatic rings. The van der Waals surface area contributed by atoms with Crippen molar-refractivity contribution in [3.63, 3.8) is 0 Å². The summed E-state index contributed by atoms with van der Waals surface area (Å²) >= 11 is 0. The molecule has 0 aliphatic carbocycles. The number of carboxylic acids is 1. The van der Waals surface area contributed by atoms with Crippen molar-refractivity contribution in [2.24, 2.45) is 0 Å². The van der Waals surface area contributed by atoms with Gasteiger partial charge in [-0.05, 0) is 38.1 Å². The number of hydrogen-bond acceptors (Lipinski definition) is 5. The predicted octanol–water partition coefficient (Wildman–Crippen LogP) is 2.65. The van der Waals surface area contributed by atoms with Crippen LogP contribution in [0.4, 0.5) is 5.82 Å². The standard InChI is InChI=1S/C20H25N3O3/c1-22(13-16-7-2-3-9-18(16)26-15-20(24)25)17-8-6-12-23(14-17)19-10-4-5-11-21-19/h2-5,7,9-11,17H,6,8,12-15H2,1H3,(H,24,25). The highest BCUT2D eigenvalue weighted by molar-refractivity contribution is 5.68. The summed E-state index contributed by atoms with van der Waals surface area (Å²) < 4.78 is 5.43. The van der Waals surface area contributed by atoms with Crippen molar-refractivity contribution in [3.8, 4) is 5.75 Å². The Morgan fingerprint density at radius 1 is 1.31 bits per heavy atom. The highest BCUT2D eigenvalue weighted by Gasteiger charge is 2.24. The van der Waals surface area contributed by atoms with Gasteiger partial charge < -0.3 is 14.7 Å². The highest BCUT2D eigenvalue weighted by Crippen LogP contribution is 2.24. The fraction of sp³-hybridized carbons (Fsp3) is 0.400. The molecule has 1 aliphatic heterocycles. The Bertz CT molecular complexity index is 723. The Balaban J connectivity index is 1.64. The number of piperidine rings is 1. The number of pyridine rings is 1. The van der Waals surface area contributed by atoms with E-state index in [2.05, 4.69) is 27.9 Å². The molecule has 0 bridgehead atoms. The number of carbonyl (C=O) groups is 1. The quantitative estimate of drug-likeness (QED) is 0.824. The lowest BCUT2D eigenvalue weighted by molar-refractivity contribution is -0.139. The molecule has 1 atom stereocenters. The smallest absolute Gasteiger partial charge is 0.341 e. The molecule has 0 spiro atoms. The first kappa shape index (κ1) is 18.2. The van der Waals surface area contributed by atoms with Gasteiger partial charge in [-0.25, -0.2) is 9.78 Å². The van der Waals surface area contributed by atoms with E-state index in [9.17, 15) is 4.79 Å². The maximum absolute atomic E-state index is 10.8. The Hall–Kier alpha value is -2.60. The van der Waals surface area contributed by atoms with Crippen molar-refractivity contribution in [3.05, 3.63) is 54.2 Å². The molecule has 0 saturated carbocycles. The molecule has 1 aliphatic rings. The van der Waals surface area contributed by atoms with Gasteiger partial charge in [0.15, 0.2) is 6.61 Å². The second-order valence-electron chi connectivity index (χ2n) is 6.64. The second-order valence-corrected chi connectivity index (χ2v) is 6.64. The number of carboxylic acid groups (broad SMARTS) is 1. The number of likely N-dealkylation sites (N-methyl/N-ethyl adjacent to an activating group) is 1. The Morgan fingerprint density at radius 3 is 2.88 bits per heavy atom. The molecule has 138 valence electrons. The molecule has 6 nitrogen and oxygen atoms in total. The molecular formula is C20H25N3O3. The maximum Gasteiger partial charge on any atom is 0.341 e. The monoisotopic (exact) mass is 355 g/mol. The lowest BCUT2D eigenvalue weighted by atomic mass is 10.0. The number of para-hydroxylation sites is 1. The summed E-state index contributed by atoms with van der Waals surface area (Å²) in [6, 6.07) is 14.1. The summed E-state index contributed by atoms with van der Waals surface area (Å²) in [5.74, 6) is 0.696. The zero-order valence-corrected chi connectivity index (χ0v) is 15.0. The van der Waals surface area contributed by atoms with Crippen LogP contribution >= 0.6 is 0 Å². The highest BCUT2D eigenvalue weighted by atomic mass is 16.5. The van der Waals surface area contributed by atoms with E-state index in [1.165, 1.54) is 0 Å². The molecule has 6 heteroatoms. The molecule has 1 aromatic carbocycles. The number of hydrogen-bond donors (Lipinski definition) is 1. The van der Waals surface area contributed by atoms with Crippen LogP contribution in [0.1, 0.15) is 18.4 Å². The van der Waals surface area contributed by atoms with E-state index in [-0.39, 0.29) is 6.61 Å². The van der Waals surface area contributed by atoms with Crippen molar-refractivity contribution >= 4 is 11.8 Å². The number of nitrogens with zero attached hydrogens (tertiary/aromatic N) is 3. The van der Waals surface area contributed by atoms with E-state index >= 15 is 0 Å². The van der Waals surface area contributed by atoms with Crippen LogP contribution in [-0.2, 0) is 11.3 Å². The van der Waals surface area contributed by atoms with Gasteiger partial charge in [-0.2, -0.15) is 0 Å². The van der Waals surface area contributed by atoms with Crippen molar-refractivity contribution in [1.82, 2.24) is 9.88 Å². The van der Waals surface area contributed by atoms with E-state index in [1.807, 2.05) is 42.6 Å². The molecule has 1 unspecified atom stereocenters. The molecule has 1 aromatic heterocycles. The number of ether oxygens (including phenoxy) is 1. The van der Waals surface area contributed by atoms with Crippen molar-refractivity contribution < 1.29 is 14.6 Å². The van der Waals surface area contributed by atoms with Gasteiger partial charge in [0, 0.05) is 37.4 Å². The summed E-state index contributed by atoms with van der Waals surface area (Å²) in [7, 11) is 2.11. The second kappa shape index (κ2) is 8.67. The minimum atomic E-state index is -0.966. The fourth-order valence-electron chi connectivity index (χ4n) is 3.38. The van der Waals surface area contributed by atoms with Crippen LogP contribution in [0.25, 0.3) is 0 Å². The number of aromatic nitrogens is 1. The van der Waals surface area contributed by atoms with Crippen LogP contribution in [0.15, 0.2) is 48.7 Å². The zero-order chi connectivity index (χ0) is 18.4. The number of benzene rings is 1. The Labute approximate surface area is 154 Å².